The van der Waals surface area contributed by atoms with E-state index in [9.17, 15) is 13.9 Å². The van der Waals surface area contributed by atoms with Crippen molar-refractivity contribution in [2.45, 2.75) is 37.0 Å². The Morgan fingerprint density at radius 1 is 1.09 bits per heavy atom. The smallest absolute Gasteiger partial charge is 0.319 e. The van der Waals surface area contributed by atoms with Crippen LogP contribution in [0.25, 0.3) is 32.9 Å². The highest BCUT2D eigenvalue weighted by molar-refractivity contribution is 6.02. The SMILES string of the molecule is Oc1cc(-c2nc3c4c(nc(OC[C@@]56CCCN5C[C@H](F)C6)nc4c2F)N2CCNC[C@H]2CO3)c2c(F)c(F)ccc2c1. The first kappa shape index (κ1) is 26.6. The second kappa shape index (κ2) is 9.78. The number of nitrogens with zero attached hydrogens (tertiary/aromatic N) is 5. The lowest BCUT2D eigenvalue weighted by atomic mass is 9.95. The Morgan fingerprint density at radius 2 is 1.98 bits per heavy atom. The molecule has 9 nitrogen and oxygen atoms in total. The summed E-state index contributed by atoms with van der Waals surface area (Å²) >= 11 is 0. The molecule has 0 radical (unpaired) electrons. The van der Waals surface area contributed by atoms with E-state index in [1.54, 1.807) is 0 Å². The van der Waals surface area contributed by atoms with E-state index < -0.39 is 29.2 Å². The molecular formula is C30H28F4N6O3. The van der Waals surface area contributed by atoms with E-state index in [1.807, 2.05) is 4.90 Å². The highest BCUT2D eigenvalue weighted by Gasteiger charge is 2.49. The van der Waals surface area contributed by atoms with Gasteiger partial charge in [0.05, 0.1) is 11.6 Å². The Bertz CT molecular complexity index is 1790. The van der Waals surface area contributed by atoms with Gasteiger partial charge in [0.25, 0.3) is 0 Å². The number of rotatable bonds is 4. The van der Waals surface area contributed by atoms with E-state index in [1.165, 1.54) is 12.1 Å². The summed E-state index contributed by atoms with van der Waals surface area (Å²) < 4.78 is 72.8. The van der Waals surface area contributed by atoms with E-state index in [0.29, 0.717) is 38.4 Å². The minimum absolute atomic E-state index is 0.0345. The van der Waals surface area contributed by atoms with Crippen LogP contribution in [0.1, 0.15) is 19.3 Å². The molecule has 2 aromatic carbocycles. The van der Waals surface area contributed by atoms with Crippen molar-refractivity contribution in [2.24, 2.45) is 0 Å². The Balaban J connectivity index is 1.32. The number of halogens is 4. The Hall–Kier alpha value is -3.97. The molecule has 6 heterocycles. The van der Waals surface area contributed by atoms with Gasteiger partial charge in [-0.15, -0.1) is 0 Å². The van der Waals surface area contributed by atoms with Crippen LogP contribution in [-0.2, 0) is 0 Å². The number of ether oxygens (including phenoxy) is 2. The van der Waals surface area contributed by atoms with Crippen molar-refractivity contribution in [1.29, 1.82) is 0 Å². The van der Waals surface area contributed by atoms with E-state index in [2.05, 4.69) is 20.2 Å². The molecule has 43 heavy (non-hydrogen) atoms. The van der Waals surface area contributed by atoms with Gasteiger partial charge in [0, 0.05) is 43.5 Å². The number of benzene rings is 2. The van der Waals surface area contributed by atoms with E-state index in [4.69, 9.17) is 14.5 Å². The second-order valence-corrected chi connectivity index (χ2v) is 11.8. The van der Waals surface area contributed by atoms with Crippen LogP contribution >= 0.6 is 0 Å². The number of alkyl halides is 1. The molecule has 3 fully saturated rings. The van der Waals surface area contributed by atoms with Crippen molar-refractivity contribution < 1.29 is 32.1 Å². The van der Waals surface area contributed by atoms with Crippen LogP contribution in [0.2, 0.25) is 0 Å². The minimum Gasteiger partial charge on any atom is -0.508 e. The average Bonchev–Trinajstić information content (AvgIpc) is 3.47. The van der Waals surface area contributed by atoms with Crippen LogP contribution in [0, 0.1) is 17.5 Å². The molecule has 2 N–H and O–H groups in total. The number of hydrogen-bond acceptors (Lipinski definition) is 9. The molecule has 4 aromatic rings. The third-order valence-electron chi connectivity index (χ3n) is 9.23. The van der Waals surface area contributed by atoms with Crippen LogP contribution in [0.15, 0.2) is 24.3 Å². The molecule has 4 aliphatic rings. The number of hydrogen-bond donors (Lipinski definition) is 2. The molecule has 4 aliphatic heterocycles. The number of fused-ring (bicyclic) bond motifs is 4. The standard InChI is InChI=1S/C30H28F4N6O3/c31-16-10-30(4-1-6-39(30)12-16)14-43-29-37-26-22-27(38-29)40-7-5-35-11-17(40)13-42-28(22)36-25(24(26)34)19-9-18(41)8-15-2-3-20(32)23(33)21(15)19/h2-3,8-9,16-17,35,41H,1,4-7,10-14H2/t16-,17+,30+/m1/s1. The van der Waals surface area contributed by atoms with Gasteiger partial charge in [0.15, 0.2) is 17.5 Å². The summed E-state index contributed by atoms with van der Waals surface area (Å²) in [6, 6.07) is 4.41. The van der Waals surface area contributed by atoms with Gasteiger partial charge in [-0.05, 0) is 43.0 Å². The van der Waals surface area contributed by atoms with Gasteiger partial charge < -0.3 is 24.8 Å². The third-order valence-corrected chi connectivity index (χ3v) is 9.23. The van der Waals surface area contributed by atoms with Crippen molar-refractivity contribution in [2.75, 3.05) is 50.8 Å². The van der Waals surface area contributed by atoms with Gasteiger partial charge in [-0.1, -0.05) is 6.07 Å². The molecule has 224 valence electrons. The molecule has 0 aliphatic carbocycles. The van der Waals surface area contributed by atoms with Gasteiger partial charge in [-0.3, -0.25) is 4.90 Å². The number of nitrogens with one attached hydrogen (secondary N) is 1. The minimum atomic E-state index is -1.20. The molecule has 3 atom stereocenters. The maximum atomic E-state index is 16.7. The summed E-state index contributed by atoms with van der Waals surface area (Å²) in [6.07, 6.45) is 1.11. The third kappa shape index (κ3) is 4.15. The molecule has 0 amide bonds. The number of aromatic hydroxyl groups is 1. The first-order valence-electron chi connectivity index (χ1n) is 14.5. The zero-order valence-electron chi connectivity index (χ0n) is 23.0. The average molecular weight is 597 g/mol. The predicted octanol–water partition coefficient (Wildman–Crippen LogP) is 4.09. The predicted molar refractivity (Wildman–Crippen MR) is 150 cm³/mol. The fourth-order valence-corrected chi connectivity index (χ4v) is 7.24. The van der Waals surface area contributed by atoms with E-state index >= 15 is 8.78 Å². The largest absolute Gasteiger partial charge is 0.508 e. The Morgan fingerprint density at radius 3 is 2.86 bits per heavy atom. The summed E-state index contributed by atoms with van der Waals surface area (Å²) in [5.41, 5.74) is -1.15. The molecule has 8 rings (SSSR count). The van der Waals surface area contributed by atoms with Crippen LogP contribution in [0.4, 0.5) is 23.4 Å². The number of phenols is 1. The molecular weight excluding hydrogens is 568 g/mol. The molecule has 0 bridgehead atoms. The summed E-state index contributed by atoms with van der Waals surface area (Å²) in [5.74, 6) is -3.09. The monoisotopic (exact) mass is 596 g/mol. The van der Waals surface area contributed by atoms with Gasteiger partial charge in [0.2, 0.25) is 5.88 Å². The Labute approximate surface area is 243 Å². The topological polar surface area (TPSA) is 95.9 Å². The van der Waals surface area contributed by atoms with Crippen molar-refractivity contribution in [3.8, 4) is 28.9 Å². The highest BCUT2D eigenvalue weighted by atomic mass is 19.2. The van der Waals surface area contributed by atoms with Crippen LogP contribution < -0.4 is 19.7 Å². The Kier molecular flexibility index (Phi) is 6.06. The zero-order valence-corrected chi connectivity index (χ0v) is 23.0. The van der Waals surface area contributed by atoms with Gasteiger partial charge >= 0.3 is 6.01 Å². The summed E-state index contributed by atoms with van der Waals surface area (Å²) in [6.45, 7) is 3.30. The molecule has 2 aromatic heterocycles. The fourth-order valence-electron chi connectivity index (χ4n) is 7.24. The van der Waals surface area contributed by atoms with Crippen molar-refractivity contribution >= 4 is 27.5 Å². The lowest BCUT2D eigenvalue weighted by molar-refractivity contribution is 0.107. The maximum Gasteiger partial charge on any atom is 0.319 e. The van der Waals surface area contributed by atoms with Crippen molar-refractivity contribution in [3.05, 3.63) is 41.7 Å². The zero-order chi connectivity index (χ0) is 29.5. The lowest BCUT2D eigenvalue weighted by Gasteiger charge is -2.35. The van der Waals surface area contributed by atoms with Crippen LogP contribution in [0.5, 0.6) is 17.6 Å². The summed E-state index contributed by atoms with van der Waals surface area (Å²) in [4.78, 5) is 17.8. The lowest BCUT2D eigenvalue weighted by Crippen LogP contribution is -2.53. The quantitative estimate of drug-likeness (QED) is 0.338. The van der Waals surface area contributed by atoms with Crippen molar-refractivity contribution in [1.82, 2.24) is 25.2 Å². The number of phenolic OH excluding ortho intramolecular Hbond substituents is 1. The number of aromatic nitrogens is 3. The van der Waals surface area contributed by atoms with Gasteiger partial charge in [-0.2, -0.15) is 9.97 Å². The van der Waals surface area contributed by atoms with Crippen molar-refractivity contribution in [3.63, 3.8) is 0 Å². The number of piperazine rings is 1. The normalized spacial score (nSPS) is 25.1. The molecule has 3 saturated heterocycles. The molecule has 0 saturated carbocycles. The second-order valence-electron chi connectivity index (χ2n) is 11.8. The summed E-state index contributed by atoms with van der Waals surface area (Å²) in [7, 11) is 0. The van der Waals surface area contributed by atoms with Crippen LogP contribution in [0.3, 0.4) is 0 Å². The number of anilines is 1. The fraction of sp³-hybridized carbons (Fsp3) is 0.433. The first-order chi connectivity index (χ1) is 20.8. The summed E-state index contributed by atoms with van der Waals surface area (Å²) in [5, 5.41) is 13.9. The van der Waals surface area contributed by atoms with Crippen LogP contribution in [-0.4, -0.2) is 88.6 Å². The van der Waals surface area contributed by atoms with E-state index in [-0.39, 0.29) is 69.8 Å². The molecule has 0 unspecified atom stereocenters. The highest BCUT2D eigenvalue weighted by Crippen LogP contribution is 2.44. The maximum absolute atomic E-state index is 16.7. The van der Waals surface area contributed by atoms with E-state index in [0.717, 1.165) is 31.5 Å². The number of pyridine rings is 1. The molecule has 13 heteroatoms. The van der Waals surface area contributed by atoms with Gasteiger partial charge in [0.1, 0.15) is 47.5 Å². The molecule has 0 spiro atoms. The van der Waals surface area contributed by atoms with Gasteiger partial charge in [-0.25, -0.2) is 22.5 Å². The first-order valence-corrected chi connectivity index (χ1v) is 14.5.